The standard InChI is InChI=1S/C23H34N4O3/c24-11-17-3-5-20(6-4-17)23(29)25-12-21-15-27(22(28)16-30-21)14-19-7-9-26(10-8-19)13-18-1-2-18/h3-6,18-19,21H,1-2,7-16,24H2,(H,25,29)/t21-/m0/s1. The Bertz CT molecular complexity index is 726. The highest BCUT2D eigenvalue weighted by Gasteiger charge is 2.31. The molecule has 1 aromatic rings. The highest BCUT2D eigenvalue weighted by Crippen LogP contribution is 2.31. The van der Waals surface area contributed by atoms with Gasteiger partial charge in [0.2, 0.25) is 5.91 Å². The summed E-state index contributed by atoms with van der Waals surface area (Å²) in [5, 5.41) is 2.94. The first kappa shape index (κ1) is 21.3. The predicted octanol–water partition coefficient (Wildman–Crippen LogP) is 1.22. The molecule has 4 rings (SSSR count). The molecule has 1 aliphatic carbocycles. The van der Waals surface area contributed by atoms with Gasteiger partial charge in [-0.2, -0.15) is 0 Å². The first-order valence-electron chi connectivity index (χ1n) is 11.3. The van der Waals surface area contributed by atoms with Crippen molar-refractivity contribution in [3.8, 4) is 0 Å². The van der Waals surface area contributed by atoms with Gasteiger partial charge < -0.3 is 25.6 Å². The van der Waals surface area contributed by atoms with Crippen molar-refractivity contribution in [2.75, 3.05) is 45.9 Å². The average molecular weight is 415 g/mol. The lowest BCUT2D eigenvalue weighted by Crippen LogP contribution is -2.52. The Hall–Kier alpha value is -1.96. The summed E-state index contributed by atoms with van der Waals surface area (Å²) in [5.74, 6) is 1.44. The van der Waals surface area contributed by atoms with Gasteiger partial charge in [-0.05, 0) is 68.3 Å². The maximum Gasteiger partial charge on any atom is 0.251 e. The topological polar surface area (TPSA) is 87.9 Å². The fourth-order valence-corrected chi connectivity index (χ4v) is 4.41. The number of ether oxygens (including phenoxy) is 1. The largest absolute Gasteiger partial charge is 0.365 e. The number of rotatable bonds is 8. The molecule has 7 nitrogen and oxygen atoms in total. The maximum atomic E-state index is 12.4. The first-order valence-corrected chi connectivity index (χ1v) is 11.3. The lowest BCUT2D eigenvalue weighted by molar-refractivity contribution is -0.149. The van der Waals surface area contributed by atoms with E-state index in [9.17, 15) is 9.59 Å². The zero-order chi connectivity index (χ0) is 20.9. The third-order valence-electron chi connectivity index (χ3n) is 6.56. The summed E-state index contributed by atoms with van der Waals surface area (Å²) >= 11 is 0. The van der Waals surface area contributed by atoms with Crippen LogP contribution < -0.4 is 11.1 Å². The van der Waals surface area contributed by atoms with E-state index in [0.29, 0.717) is 31.1 Å². The van der Waals surface area contributed by atoms with Crippen LogP contribution in [0.15, 0.2) is 24.3 Å². The number of morpholine rings is 1. The number of likely N-dealkylation sites (tertiary alicyclic amines) is 1. The molecular formula is C23H34N4O3. The summed E-state index contributed by atoms with van der Waals surface area (Å²) in [6, 6.07) is 7.29. The Kier molecular flexibility index (Phi) is 7.02. The molecular weight excluding hydrogens is 380 g/mol. The summed E-state index contributed by atoms with van der Waals surface area (Å²) < 4.78 is 5.67. The first-order chi connectivity index (χ1) is 14.6. The van der Waals surface area contributed by atoms with Gasteiger partial charge in [0.25, 0.3) is 5.91 Å². The molecule has 0 radical (unpaired) electrons. The number of hydrogen-bond acceptors (Lipinski definition) is 5. The Labute approximate surface area is 178 Å². The maximum absolute atomic E-state index is 12.4. The molecule has 2 saturated heterocycles. The summed E-state index contributed by atoms with van der Waals surface area (Å²) in [6.45, 7) is 5.90. The predicted molar refractivity (Wildman–Crippen MR) is 115 cm³/mol. The van der Waals surface area contributed by atoms with Crippen LogP contribution in [0.1, 0.15) is 41.6 Å². The van der Waals surface area contributed by atoms with Crippen LogP contribution in [-0.2, 0) is 16.1 Å². The fraction of sp³-hybridized carbons (Fsp3) is 0.652. The van der Waals surface area contributed by atoms with Gasteiger partial charge in [-0.3, -0.25) is 9.59 Å². The number of nitrogens with two attached hydrogens (primary N) is 1. The van der Waals surface area contributed by atoms with Crippen LogP contribution in [0, 0.1) is 11.8 Å². The van der Waals surface area contributed by atoms with Crippen molar-refractivity contribution in [2.45, 2.75) is 38.3 Å². The van der Waals surface area contributed by atoms with E-state index in [-0.39, 0.29) is 24.5 Å². The summed E-state index contributed by atoms with van der Waals surface area (Å²) in [6.07, 6.45) is 4.97. The van der Waals surface area contributed by atoms with Crippen LogP contribution >= 0.6 is 0 Å². The molecule has 0 aromatic heterocycles. The SMILES string of the molecule is NCc1ccc(C(=O)NC[C@H]2CN(CC3CCN(CC4CC4)CC3)C(=O)CO2)cc1. The summed E-state index contributed by atoms with van der Waals surface area (Å²) in [4.78, 5) is 29.3. The number of hydrogen-bond donors (Lipinski definition) is 2. The molecule has 7 heteroatoms. The van der Waals surface area contributed by atoms with Crippen molar-refractivity contribution < 1.29 is 14.3 Å². The quantitative estimate of drug-likeness (QED) is 0.668. The number of amides is 2. The second kappa shape index (κ2) is 9.90. The third kappa shape index (κ3) is 5.80. The molecule has 0 bridgehead atoms. The van der Waals surface area contributed by atoms with Gasteiger partial charge in [0.05, 0.1) is 6.10 Å². The van der Waals surface area contributed by atoms with Crippen molar-refractivity contribution in [3.05, 3.63) is 35.4 Å². The van der Waals surface area contributed by atoms with Crippen molar-refractivity contribution in [3.63, 3.8) is 0 Å². The molecule has 0 spiro atoms. The van der Waals surface area contributed by atoms with E-state index in [1.807, 2.05) is 17.0 Å². The second-order valence-electron chi connectivity index (χ2n) is 9.03. The number of nitrogens with one attached hydrogen (secondary N) is 1. The molecule has 2 heterocycles. The van der Waals surface area contributed by atoms with E-state index in [2.05, 4.69) is 10.2 Å². The molecule has 3 aliphatic rings. The molecule has 1 aromatic carbocycles. The van der Waals surface area contributed by atoms with Crippen LogP contribution in [0.4, 0.5) is 0 Å². The highest BCUT2D eigenvalue weighted by molar-refractivity contribution is 5.94. The van der Waals surface area contributed by atoms with E-state index < -0.39 is 0 Å². The molecule has 3 N–H and O–H groups in total. The lowest BCUT2D eigenvalue weighted by Gasteiger charge is -2.38. The van der Waals surface area contributed by atoms with E-state index in [4.69, 9.17) is 10.5 Å². The molecule has 3 fully saturated rings. The highest BCUT2D eigenvalue weighted by atomic mass is 16.5. The Morgan fingerprint density at radius 3 is 2.43 bits per heavy atom. The monoisotopic (exact) mass is 414 g/mol. The lowest BCUT2D eigenvalue weighted by atomic mass is 9.95. The van der Waals surface area contributed by atoms with Gasteiger partial charge in [0.1, 0.15) is 6.61 Å². The number of carbonyl (C=O) groups excluding carboxylic acids is 2. The van der Waals surface area contributed by atoms with Gasteiger partial charge in [0.15, 0.2) is 0 Å². The minimum Gasteiger partial charge on any atom is -0.365 e. The average Bonchev–Trinajstić information content (AvgIpc) is 3.59. The number of nitrogens with zero attached hydrogens (tertiary/aromatic N) is 2. The third-order valence-corrected chi connectivity index (χ3v) is 6.56. The smallest absolute Gasteiger partial charge is 0.251 e. The van der Waals surface area contributed by atoms with Crippen molar-refractivity contribution in [2.24, 2.45) is 17.6 Å². The van der Waals surface area contributed by atoms with Crippen LogP contribution in [0.3, 0.4) is 0 Å². The number of carbonyl (C=O) groups is 2. The van der Waals surface area contributed by atoms with Gasteiger partial charge in [0, 0.05) is 38.3 Å². The Morgan fingerprint density at radius 1 is 1.07 bits per heavy atom. The van der Waals surface area contributed by atoms with E-state index in [1.54, 1.807) is 12.1 Å². The van der Waals surface area contributed by atoms with Crippen molar-refractivity contribution in [1.82, 2.24) is 15.1 Å². The summed E-state index contributed by atoms with van der Waals surface area (Å²) in [5.41, 5.74) is 7.20. The zero-order valence-corrected chi connectivity index (χ0v) is 17.7. The Balaban J connectivity index is 1.21. The molecule has 0 unspecified atom stereocenters. The van der Waals surface area contributed by atoms with Gasteiger partial charge in [-0.25, -0.2) is 0 Å². The minimum absolute atomic E-state index is 0.0651. The van der Waals surface area contributed by atoms with Crippen LogP contribution in [0.25, 0.3) is 0 Å². The van der Waals surface area contributed by atoms with Crippen molar-refractivity contribution >= 4 is 11.8 Å². The number of benzene rings is 1. The van der Waals surface area contributed by atoms with Crippen LogP contribution in [0.5, 0.6) is 0 Å². The van der Waals surface area contributed by atoms with E-state index in [0.717, 1.165) is 44.0 Å². The van der Waals surface area contributed by atoms with Gasteiger partial charge in [-0.1, -0.05) is 12.1 Å². The molecule has 2 aliphatic heterocycles. The molecule has 2 amide bonds. The van der Waals surface area contributed by atoms with Crippen molar-refractivity contribution in [1.29, 1.82) is 0 Å². The zero-order valence-electron chi connectivity index (χ0n) is 17.7. The fourth-order valence-electron chi connectivity index (χ4n) is 4.41. The van der Waals surface area contributed by atoms with Crippen LogP contribution in [0.2, 0.25) is 0 Å². The second-order valence-corrected chi connectivity index (χ2v) is 9.03. The summed E-state index contributed by atoms with van der Waals surface area (Å²) in [7, 11) is 0. The van der Waals surface area contributed by atoms with E-state index in [1.165, 1.54) is 19.4 Å². The molecule has 30 heavy (non-hydrogen) atoms. The minimum atomic E-state index is -0.162. The van der Waals surface area contributed by atoms with E-state index >= 15 is 0 Å². The number of piperidine rings is 1. The van der Waals surface area contributed by atoms with Crippen LogP contribution in [-0.4, -0.2) is 73.6 Å². The molecule has 1 atom stereocenters. The normalized spacial score (nSPS) is 23.6. The Morgan fingerprint density at radius 2 is 1.77 bits per heavy atom. The molecule has 164 valence electrons. The van der Waals surface area contributed by atoms with Gasteiger partial charge >= 0.3 is 0 Å². The van der Waals surface area contributed by atoms with Gasteiger partial charge in [-0.15, -0.1) is 0 Å². The molecule has 1 saturated carbocycles.